The van der Waals surface area contributed by atoms with Crippen LogP contribution in [0.1, 0.15) is 30.1 Å². The normalized spacial score (nSPS) is 19.4. The molecule has 0 aliphatic carbocycles. The van der Waals surface area contributed by atoms with E-state index in [1.807, 2.05) is 13.1 Å². The molecule has 0 spiro atoms. The van der Waals surface area contributed by atoms with Gasteiger partial charge in [0.25, 0.3) is 0 Å². The fourth-order valence-electron chi connectivity index (χ4n) is 3.67. The number of piperidine rings is 1. The van der Waals surface area contributed by atoms with Gasteiger partial charge in [0.05, 0.1) is 0 Å². The number of likely N-dealkylation sites (tertiary alicyclic amines) is 1. The van der Waals surface area contributed by atoms with E-state index in [-0.39, 0.29) is 0 Å². The molecule has 1 saturated heterocycles. The molecular formula is C18H22N4O. The van der Waals surface area contributed by atoms with Gasteiger partial charge in [0.2, 0.25) is 5.89 Å². The second kappa shape index (κ2) is 6.16. The van der Waals surface area contributed by atoms with Crippen LogP contribution in [0.2, 0.25) is 0 Å². The van der Waals surface area contributed by atoms with Crippen molar-refractivity contribution in [2.75, 3.05) is 13.1 Å². The summed E-state index contributed by atoms with van der Waals surface area (Å²) >= 11 is 0. The lowest BCUT2D eigenvalue weighted by molar-refractivity contribution is 0.165. The van der Waals surface area contributed by atoms with Crippen LogP contribution in [0.4, 0.5) is 0 Å². The second-order valence-electron chi connectivity index (χ2n) is 6.53. The van der Waals surface area contributed by atoms with Gasteiger partial charge in [0.1, 0.15) is 0 Å². The molecule has 0 amide bonds. The van der Waals surface area contributed by atoms with Crippen LogP contribution in [0.5, 0.6) is 0 Å². The van der Waals surface area contributed by atoms with Gasteiger partial charge in [-0.15, -0.1) is 0 Å². The van der Waals surface area contributed by atoms with Gasteiger partial charge in [-0.3, -0.25) is 4.90 Å². The van der Waals surface area contributed by atoms with Gasteiger partial charge >= 0.3 is 0 Å². The van der Waals surface area contributed by atoms with E-state index < -0.39 is 0 Å². The van der Waals surface area contributed by atoms with Crippen LogP contribution < -0.4 is 0 Å². The number of H-pyrrole nitrogens is 1. The Morgan fingerprint density at radius 2 is 2.30 bits per heavy atom. The Kier molecular flexibility index (Phi) is 3.87. The minimum Gasteiger partial charge on any atom is -0.361 e. The first-order chi connectivity index (χ1) is 11.3. The molecule has 3 aromatic rings. The summed E-state index contributed by atoms with van der Waals surface area (Å²) in [6.45, 7) is 5.13. The number of hydrogen-bond donors (Lipinski definition) is 1. The molecule has 1 aliphatic heterocycles. The van der Waals surface area contributed by atoms with Crippen LogP contribution >= 0.6 is 0 Å². The monoisotopic (exact) mass is 310 g/mol. The predicted molar refractivity (Wildman–Crippen MR) is 89.0 cm³/mol. The number of aromatic nitrogens is 3. The van der Waals surface area contributed by atoms with Gasteiger partial charge in [-0.1, -0.05) is 17.3 Å². The number of nitrogens with zero attached hydrogens (tertiary/aromatic N) is 3. The van der Waals surface area contributed by atoms with E-state index in [0.29, 0.717) is 11.8 Å². The molecule has 4 rings (SSSR count). The molecule has 23 heavy (non-hydrogen) atoms. The highest BCUT2D eigenvalue weighted by Crippen LogP contribution is 2.24. The maximum absolute atomic E-state index is 5.09. The van der Waals surface area contributed by atoms with Crippen molar-refractivity contribution in [1.82, 2.24) is 20.0 Å². The quantitative estimate of drug-likeness (QED) is 0.803. The number of benzene rings is 1. The Hall–Kier alpha value is -2.14. The largest absolute Gasteiger partial charge is 0.361 e. The molecule has 0 bridgehead atoms. The average molecular weight is 310 g/mol. The molecular weight excluding hydrogens is 288 g/mol. The summed E-state index contributed by atoms with van der Waals surface area (Å²) in [5, 5.41) is 5.38. The van der Waals surface area contributed by atoms with Crippen LogP contribution in [0.15, 0.2) is 35.0 Å². The molecule has 5 nitrogen and oxygen atoms in total. The van der Waals surface area contributed by atoms with E-state index in [1.165, 1.54) is 35.9 Å². The zero-order valence-corrected chi connectivity index (χ0v) is 13.5. The van der Waals surface area contributed by atoms with Gasteiger partial charge in [0.15, 0.2) is 5.82 Å². The highest BCUT2D eigenvalue weighted by Gasteiger charge is 2.22. The number of aromatic amines is 1. The molecule has 2 aromatic heterocycles. The molecule has 0 radical (unpaired) electrons. The van der Waals surface area contributed by atoms with E-state index in [1.54, 1.807) is 0 Å². The van der Waals surface area contributed by atoms with Crippen molar-refractivity contribution in [3.8, 4) is 0 Å². The van der Waals surface area contributed by atoms with E-state index >= 15 is 0 Å². The molecule has 0 unspecified atom stereocenters. The van der Waals surface area contributed by atoms with Gasteiger partial charge in [-0.2, -0.15) is 4.98 Å². The Labute approximate surface area is 135 Å². The van der Waals surface area contributed by atoms with Crippen LogP contribution in [0, 0.1) is 12.8 Å². The van der Waals surface area contributed by atoms with Crippen molar-refractivity contribution in [3.05, 3.63) is 47.7 Å². The number of fused-ring (bicyclic) bond motifs is 1. The third-order valence-electron chi connectivity index (χ3n) is 4.72. The van der Waals surface area contributed by atoms with Gasteiger partial charge < -0.3 is 9.51 Å². The maximum Gasteiger partial charge on any atom is 0.223 e. The van der Waals surface area contributed by atoms with Crippen molar-refractivity contribution in [3.63, 3.8) is 0 Å². The topological polar surface area (TPSA) is 58.0 Å². The van der Waals surface area contributed by atoms with E-state index in [2.05, 4.69) is 44.3 Å². The fourth-order valence-corrected chi connectivity index (χ4v) is 3.67. The van der Waals surface area contributed by atoms with E-state index in [4.69, 9.17) is 4.52 Å². The predicted octanol–water partition coefficient (Wildman–Crippen LogP) is 3.31. The van der Waals surface area contributed by atoms with Crippen molar-refractivity contribution in [1.29, 1.82) is 0 Å². The SMILES string of the molecule is Cc1nc(C[C@@H]2CCCN(Cc3cccc4[nH]ccc34)C2)no1. The molecule has 1 atom stereocenters. The summed E-state index contributed by atoms with van der Waals surface area (Å²) in [6.07, 6.45) is 5.43. The molecule has 1 N–H and O–H groups in total. The van der Waals surface area contributed by atoms with Crippen molar-refractivity contribution in [2.45, 2.75) is 32.7 Å². The highest BCUT2D eigenvalue weighted by molar-refractivity contribution is 5.82. The second-order valence-corrected chi connectivity index (χ2v) is 6.53. The Morgan fingerprint density at radius 3 is 3.17 bits per heavy atom. The van der Waals surface area contributed by atoms with Gasteiger partial charge in [-0.25, -0.2) is 0 Å². The fraction of sp³-hybridized carbons (Fsp3) is 0.444. The first-order valence-corrected chi connectivity index (χ1v) is 8.34. The number of hydrogen-bond acceptors (Lipinski definition) is 4. The summed E-state index contributed by atoms with van der Waals surface area (Å²) in [4.78, 5) is 10.2. The van der Waals surface area contributed by atoms with E-state index in [9.17, 15) is 0 Å². The molecule has 1 aromatic carbocycles. The lowest BCUT2D eigenvalue weighted by Crippen LogP contribution is -2.35. The molecule has 120 valence electrons. The Bertz CT molecular complexity index is 791. The lowest BCUT2D eigenvalue weighted by atomic mass is 9.94. The summed E-state index contributed by atoms with van der Waals surface area (Å²) in [7, 11) is 0. The first-order valence-electron chi connectivity index (χ1n) is 8.34. The maximum atomic E-state index is 5.09. The third-order valence-corrected chi connectivity index (χ3v) is 4.72. The van der Waals surface area contributed by atoms with Crippen LogP contribution in [-0.2, 0) is 13.0 Å². The highest BCUT2D eigenvalue weighted by atomic mass is 16.5. The minimum atomic E-state index is 0.617. The summed E-state index contributed by atoms with van der Waals surface area (Å²) in [6, 6.07) is 8.69. The lowest BCUT2D eigenvalue weighted by Gasteiger charge is -2.32. The van der Waals surface area contributed by atoms with Crippen LogP contribution in [0.3, 0.4) is 0 Å². The first kappa shape index (κ1) is 14.5. The Morgan fingerprint density at radius 1 is 1.35 bits per heavy atom. The van der Waals surface area contributed by atoms with Crippen LogP contribution in [0.25, 0.3) is 10.9 Å². The number of aryl methyl sites for hydroxylation is 1. The number of nitrogens with one attached hydrogen (secondary N) is 1. The molecule has 1 aliphatic rings. The van der Waals surface area contributed by atoms with Crippen molar-refractivity contribution < 1.29 is 4.52 Å². The number of rotatable bonds is 4. The van der Waals surface area contributed by atoms with Gasteiger partial charge in [0, 0.05) is 43.5 Å². The summed E-state index contributed by atoms with van der Waals surface area (Å²) in [5.74, 6) is 2.13. The van der Waals surface area contributed by atoms with E-state index in [0.717, 1.165) is 25.3 Å². The standard InChI is InChI=1S/C18H22N4O/c1-13-20-18(21-23-13)10-14-4-3-9-22(11-14)12-15-5-2-6-17-16(15)7-8-19-17/h2,5-8,14,19H,3-4,9-12H2,1H3/t14-/m0/s1. The molecule has 0 saturated carbocycles. The zero-order valence-electron chi connectivity index (χ0n) is 13.5. The van der Waals surface area contributed by atoms with Crippen LogP contribution in [-0.4, -0.2) is 33.1 Å². The van der Waals surface area contributed by atoms with Crippen molar-refractivity contribution >= 4 is 10.9 Å². The van der Waals surface area contributed by atoms with Gasteiger partial charge in [-0.05, 0) is 43.0 Å². The zero-order chi connectivity index (χ0) is 15.6. The average Bonchev–Trinajstić information content (AvgIpc) is 3.17. The Balaban J connectivity index is 1.44. The molecule has 5 heteroatoms. The molecule has 1 fully saturated rings. The summed E-state index contributed by atoms with van der Waals surface area (Å²) in [5.41, 5.74) is 2.62. The third kappa shape index (κ3) is 3.15. The van der Waals surface area contributed by atoms with Crippen molar-refractivity contribution in [2.24, 2.45) is 5.92 Å². The molecule has 3 heterocycles. The smallest absolute Gasteiger partial charge is 0.223 e. The minimum absolute atomic E-state index is 0.617. The summed E-state index contributed by atoms with van der Waals surface area (Å²) < 4.78 is 5.09.